The Kier molecular flexibility index (Phi) is 5.73. The Balaban J connectivity index is 1.39. The second kappa shape index (κ2) is 8.41. The number of halogens is 2. The molecule has 2 aliphatic rings. The average molecular weight is 405 g/mol. The van der Waals surface area contributed by atoms with E-state index in [4.69, 9.17) is 21.3 Å². The SMILES string of the molecule is O=C(CCc1ccc(F)c(Cl)c1)N1CCc2cnc(N3CCOCC3)nc2C1. The maximum absolute atomic E-state index is 13.3. The first-order valence-electron chi connectivity index (χ1n) is 9.49. The molecule has 0 atom stereocenters. The van der Waals surface area contributed by atoms with E-state index in [1.165, 1.54) is 6.07 Å². The number of anilines is 1. The molecule has 0 bridgehead atoms. The number of hydrogen-bond donors (Lipinski definition) is 0. The number of nitrogens with zero attached hydrogens (tertiary/aromatic N) is 4. The van der Waals surface area contributed by atoms with Gasteiger partial charge in [-0.1, -0.05) is 17.7 Å². The van der Waals surface area contributed by atoms with Crippen molar-refractivity contribution < 1.29 is 13.9 Å². The van der Waals surface area contributed by atoms with Crippen LogP contribution in [0.2, 0.25) is 5.02 Å². The number of hydrogen-bond acceptors (Lipinski definition) is 5. The van der Waals surface area contributed by atoms with Gasteiger partial charge in [0.2, 0.25) is 11.9 Å². The zero-order valence-corrected chi connectivity index (χ0v) is 16.3. The summed E-state index contributed by atoms with van der Waals surface area (Å²) in [5.41, 5.74) is 2.88. The lowest BCUT2D eigenvalue weighted by atomic mass is 10.1. The second-order valence-electron chi connectivity index (χ2n) is 7.06. The van der Waals surface area contributed by atoms with Gasteiger partial charge in [-0.25, -0.2) is 14.4 Å². The van der Waals surface area contributed by atoms with Gasteiger partial charge in [-0.05, 0) is 36.1 Å². The summed E-state index contributed by atoms with van der Waals surface area (Å²) in [6.07, 6.45) is 3.53. The van der Waals surface area contributed by atoms with E-state index in [0.29, 0.717) is 45.1 Å². The molecule has 2 aliphatic heterocycles. The molecule has 0 spiro atoms. The summed E-state index contributed by atoms with van der Waals surface area (Å²) in [4.78, 5) is 25.8. The lowest BCUT2D eigenvalue weighted by Gasteiger charge is -2.30. The summed E-state index contributed by atoms with van der Waals surface area (Å²) in [5, 5.41) is 0.0872. The van der Waals surface area contributed by atoms with Gasteiger partial charge in [0, 0.05) is 32.3 Å². The smallest absolute Gasteiger partial charge is 0.225 e. The monoisotopic (exact) mass is 404 g/mol. The van der Waals surface area contributed by atoms with Crippen molar-refractivity contribution in [1.29, 1.82) is 0 Å². The highest BCUT2D eigenvalue weighted by Crippen LogP contribution is 2.21. The number of carbonyl (C=O) groups is 1. The van der Waals surface area contributed by atoms with E-state index in [2.05, 4.69) is 9.88 Å². The van der Waals surface area contributed by atoms with Crippen molar-refractivity contribution in [2.24, 2.45) is 0 Å². The summed E-state index contributed by atoms with van der Waals surface area (Å²) in [5.74, 6) is 0.329. The number of aromatic nitrogens is 2. The summed E-state index contributed by atoms with van der Waals surface area (Å²) >= 11 is 5.82. The Labute approximate surface area is 168 Å². The molecule has 1 aromatic heterocycles. The molecular weight excluding hydrogens is 383 g/mol. The molecule has 8 heteroatoms. The highest BCUT2D eigenvalue weighted by molar-refractivity contribution is 6.30. The molecule has 2 aromatic rings. The number of fused-ring (bicyclic) bond motifs is 1. The molecule has 0 aliphatic carbocycles. The maximum Gasteiger partial charge on any atom is 0.225 e. The molecule has 0 unspecified atom stereocenters. The van der Waals surface area contributed by atoms with Crippen molar-refractivity contribution in [3.05, 3.63) is 52.1 Å². The van der Waals surface area contributed by atoms with E-state index < -0.39 is 5.82 Å². The van der Waals surface area contributed by atoms with Crippen LogP contribution >= 0.6 is 11.6 Å². The predicted octanol–water partition coefficient (Wildman–Crippen LogP) is 2.62. The van der Waals surface area contributed by atoms with Crippen LogP contribution < -0.4 is 4.90 Å². The third kappa shape index (κ3) is 4.25. The van der Waals surface area contributed by atoms with E-state index in [-0.39, 0.29) is 10.9 Å². The predicted molar refractivity (Wildman–Crippen MR) is 104 cm³/mol. The molecule has 1 saturated heterocycles. The molecule has 1 amide bonds. The maximum atomic E-state index is 13.3. The highest BCUT2D eigenvalue weighted by Gasteiger charge is 2.24. The van der Waals surface area contributed by atoms with Gasteiger partial charge in [-0.2, -0.15) is 0 Å². The fraction of sp³-hybridized carbons (Fsp3) is 0.450. The van der Waals surface area contributed by atoms with E-state index in [0.717, 1.165) is 36.3 Å². The van der Waals surface area contributed by atoms with Crippen molar-refractivity contribution >= 4 is 23.5 Å². The third-order valence-electron chi connectivity index (χ3n) is 5.19. The number of carbonyl (C=O) groups excluding carboxylic acids is 1. The first kappa shape index (κ1) is 19.1. The largest absolute Gasteiger partial charge is 0.378 e. The summed E-state index contributed by atoms with van der Waals surface area (Å²) in [6.45, 7) is 4.08. The number of benzene rings is 1. The van der Waals surface area contributed by atoms with Gasteiger partial charge in [-0.3, -0.25) is 4.79 Å². The van der Waals surface area contributed by atoms with Crippen LogP contribution in [0, 0.1) is 5.82 Å². The van der Waals surface area contributed by atoms with Gasteiger partial charge in [0.25, 0.3) is 0 Å². The number of morpholine rings is 1. The van der Waals surface area contributed by atoms with E-state index in [1.807, 2.05) is 11.1 Å². The van der Waals surface area contributed by atoms with E-state index >= 15 is 0 Å². The van der Waals surface area contributed by atoms with Crippen molar-refractivity contribution in [2.75, 3.05) is 37.7 Å². The van der Waals surface area contributed by atoms with Crippen molar-refractivity contribution in [3.63, 3.8) is 0 Å². The highest BCUT2D eigenvalue weighted by atomic mass is 35.5. The van der Waals surface area contributed by atoms with Crippen LogP contribution in [0.15, 0.2) is 24.4 Å². The molecule has 0 saturated carbocycles. The Morgan fingerprint density at radius 2 is 2.07 bits per heavy atom. The van der Waals surface area contributed by atoms with Crippen LogP contribution in [0.5, 0.6) is 0 Å². The Morgan fingerprint density at radius 3 is 2.86 bits per heavy atom. The summed E-state index contributed by atoms with van der Waals surface area (Å²) in [7, 11) is 0. The van der Waals surface area contributed by atoms with Gasteiger partial charge in [0.05, 0.1) is 30.5 Å². The Morgan fingerprint density at radius 1 is 1.25 bits per heavy atom. The van der Waals surface area contributed by atoms with Gasteiger partial charge in [0.15, 0.2) is 0 Å². The van der Waals surface area contributed by atoms with Crippen LogP contribution in [0.25, 0.3) is 0 Å². The minimum Gasteiger partial charge on any atom is -0.378 e. The lowest BCUT2D eigenvalue weighted by molar-refractivity contribution is -0.132. The van der Waals surface area contributed by atoms with E-state index in [9.17, 15) is 9.18 Å². The van der Waals surface area contributed by atoms with Crippen molar-refractivity contribution in [1.82, 2.24) is 14.9 Å². The standard InChI is InChI=1S/C20H22ClFN4O2/c21-16-11-14(1-3-17(16)22)2-4-19(27)26-6-5-15-12-23-20(24-18(15)13-26)25-7-9-28-10-8-25/h1,3,11-12H,2,4-10,13H2. The molecule has 0 N–H and O–H groups in total. The molecule has 1 fully saturated rings. The Hall–Kier alpha value is -2.25. The fourth-order valence-electron chi connectivity index (χ4n) is 3.53. The van der Waals surface area contributed by atoms with Crippen LogP contribution in [0.3, 0.4) is 0 Å². The van der Waals surface area contributed by atoms with Crippen LogP contribution in [-0.2, 0) is 28.9 Å². The quantitative estimate of drug-likeness (QED) is 0.784. The molecule has 6 nitrogen and oxygen atoms in total. The fourth-order valence-corrected chi connectivity index (χ4v) is 3.73. The molecule has 1 aromatic carbocycles. The average Bonchev–Trinajstić information content (AvgIpc) is 2.74. The Bertz CT molecular complexity index is 873. The lowest BCUT2D eigenvalue weighted by Crippen LogP contribution is -2.39. The molecule has 0 radical (unpaired) electrons. The zero-order valence-electron chi connectivity index (χ0n) is 15.5. The minimum atomic E-state index is -0.444. The molecular formula is C20H22ClFN4O2. The van der Waals surface area contributed by atoms with Crippen molar-refractivity contribution in [3.8, 4) is 0 Å². The van der Waals surface area contributed by atoms with Gasteiger partial charge >= 0.3 is 0 Å². The molecule has 28 heavy (non-hydrogen) atoms. The second-order valence-corrected chi connectivity index (χ2v) is 7.46. The van der Waals surface area contributed by atoms with Crippen LogP contribution in [0.1, 0.15) is 23.2 Å². The first-order chi connectivity index (χ1) is 13.6. The van der Waals surface area contributed by atoms with Crippen LogP contribution in [0.4, 0.5) is 10.3 Å². The summed E-state index contributed by atoms with van der Waals surface area (Å²) in [6, 6.07) is 4.59. The first-order valence-corrected chi connectivity index (χ1v) is 9.87. The summed E-state index contributed by atoms with van der Waals surface area (Å²) < 4.78 is 18.6. The third-order valence-corrected chi connectivity index (χ3v) is 5.48. The molecule has 4 rings (SSSR count). The number of amides is 1. The number of ether oxygens (including phenoxy) is 1. The van der Waals surface area contributed by atoms with Crippen LogP contribution in [-0.4, -0.2) is 53.6 Å². The van der Waals surface area contributed by atoms with Gasteiger partial charge < -0.3 is 14.5 Å². The molecule has 3 heterocycles. The van der Waals surface area contributed by atoms with Gasteiger partial charge in [0.1, 0.15) is 5.82 Å². The number of rotatable bonds is 4. The zero-order chi connectivity index (χ0) is 19.5. The van der Waals surface area contributed by atoms with E-state index in [1.54, 1.807) is 12.1 Å². The number of aryl methyl sites for hydroxylation is 1. The molecule has 148 valence electrons. The normalized spacial score (nSPS) is 16.8. The minimum absolute atomic E-state index is 0.0673. The van der Waals surface area contributed by atoms with Gasteiger partial charge in [-0.15, -0.1) is 0 Å². The topological polar surface area (TPSA) is 58.6 Å². The van der Waals surface area contributed by atoms with Crippen molar-refractivity contribution in [2.45, 2.75) is 25.8 Å².